The van der Waals surface area contributed by atoms with Gasteiger partial charge in [-0.15, -0.1) is 0 Å². The molecular formula is C25H30FNO4. The first-order valence-corrected chi connectivity index (χ1v) is 10.5. The fourth-order valence-electron chi connectivity index (χ4n) is 3.19. The molecule has 0 aliphatic carbocycles. The summed E-state index contributed by atoms with van der Waals surface area (Å²) in [7, 11) is 0. The molecule has 3 rings (SSSR count). The molecule has 1 heterocycles. The van der Waals surface area contributed by atoms with Gasteiger partial charge in [0, 0.05) is 24.9 Å². The molecule has 1 N–H and O–H groups in total. The average Bonchev–Trinajstić information content (AvgIpc) is 3.11. The van der Waals surface area contributed by atoms with E-state index < -0.39 is 5.60 Å². The molecule has 0 spiro atoms. The number of nitrogens with one attached hydrogen (secondary N) is 1. The summed E-state index contributed by atoms with van der Waals surface area (Å²) in [5.41, 5.74) is 2.55. The lowest BCUT2D eigenvalue weighted by molar-refractivity contribution is -0.160. The Kier molecular flexibility index (Phi) is 7.82. The number of carbonyl (C=O) groups excluding carboxylic acids is 1. The molecule has 0 amide bonds. The van der Waals surface area contributed by atoms with Gasteiger partial charge < -0.3 is 19.2 Å². The van der Waals surface area contributed by atoms with Crippen LogP contribution in [0.15, 0.2) is 52.9 Å². The van der Waals surface area contributed by atoms with Crippen LogP contribution >= 0.6 is 0 Å². The first-order chi connectivity index (χ1) is 14.8. The first kappa shape index (κ1) is 23.0. The fraction of sp³-hybridized carbons (Fsp3) is 0.400. The van der Waals surface area contributed by atoms with Crippen molar-refractivity contribution in [3.8, 4) is 0 Å². The summed E-state index contributed by atoms with van der Waals surface area (Å²) in [5, 5.41) is 4.37. The van der Waals surface area contributed by atoms with Crippen molar-refractivity contribution in [2.45, 2.75) is 45.8 Å². The smallest absolute Gasteiger partial charge is 0.332 e. The minimum atomic E-state index is -0.496. The van der Waals surface area contributed by atoms with Crippen molar-refractivity contribution in [3.05, 3.63) is 71.2 Å². The van der Waals surface area contributed by atoms with Gasteiger partial charge in [0.2, 0.25) is 0 Å². The highest BCUT2D eigenvalue weighted by molar-refractivity contribution is 5.78. The zero-order valence-electron chi connectivity index (χ0n) is 18.4. The molecule has 6 heteroatoms. The summed E-state index contributed by atoms with van der Waals surface area (Å²) in [6.45, 7) is 7.18. The van der Waals surface area contributed by atoms with Crippen molar-refractivity contribution in [1.29, 1.82) is 0 Å². The van der Waals surface area contributed by atoms with Crippen molar-refractivity contribution in [1.82, 2.24) is 5.32 Å². The number of hydrogen-bond acceptors (Lipinski definition) is 5. The maximum Gasteiger partial charge on any atom is 0.332 e. The topological polar surface area (TPSA) is 60.7 Å². The number of fused-ring (bicyclic) bond motifs is 1. The van der Waals surface area contributed by atoms with E-state index in [1.165, 1.54) is 12.1 Å². The van der Waals surface area contributed by atoms with Crippen LogP contribution < -0.4 is 5.32 Å². The molecule has 0 unspecified atom stereocenters. The molecule has 31 heavy (non-hydrogen) atoms. The zero-order valence-corrected chi connectivity index (χ0v) is 18.4. The van der Waals surface area contributed by atoms with E-state index in [1.54, 1.807) is 12.1 Å². The van der Waals surface area contributed by atoms with E-state index in [4.69, 9.17) is 13.9 Å². The summed E-state index contributed by atoms with van der Waals surface area (Å²) in [6.07, 6.45) is 1.57. The lowest BCUT2D eigenvalue weighted by Gasteiger charge is -2.19. The van der Waals surface area contributed by atoms with Crippen LogP contribution in [-0.2, 0) is 33.7 Å². The number of aryl methyl sites for hydroxylation is 2. The number of esters is 1. The minimum absolute atomic E-state index is 0.0436. The van der Waals surface area contributed by atoms with Crippen molar-refractivity contribution in [2.24, 2.45) is 0 Å². The van der Waals surface area contributed by atoms with Crippen LogP contribution in [0.5, 0.6) is 0 Å². The van der Waals surface area contributed by atoms with E-state index in [0.717, 1.165) is 40.7 Å². The van der Waals surface area contributed by atoms with Gasteiger partial charge in [-0.05, 0) is 62.6 Å². The number of benzene rings is 2. The highest BCUT2D eigenvalue weighted by atomic mass is 19.1. The molecule has 0 saturated heterocycles. The Balaban J connectivity index is 1.40. The van der Waals surface area contributed by atoms with E-state index in [0.29, 0.717) is 19.7 Å². The van der Waals surface area contributed by atoms with E-state index in [-0.39, 0.29) is 18.4 Å². The van der Waals surface area contributed by atoms with Crippen molar-refractivity contribution in [3.63, 3.8) is 0 Å². The number of hydrogen-bond donors (Lipinski definition) is 1. The molecule has 0 fully saturated rings. The van der Waals surface area contributed by atoms with Gasteiger partial charge in [0.05, 0.1) is 6.61 Å². The first-order valence-electron chi connectivity index (χ1n) is 10.5. The maximum atomic E-state index is 13.0. The SMILES string of the molecule is CC(C)(C)OC(=O)COCCNCc1ccc2cc(CCc3ccc(F)cc3)oc2c1. The average molecular weight is 428 g/mol. The van der Waals surface area contributed by atoms with E-state index in [2.05, 4.69) is 23.5 Å². The van der Waals surface area contributed by atoms with Crippen molar-refractivity contribution >= 4 is 16.9 Å². The van der Waals surface area contributed by atoms with Gasteiger partial charge in [0.15, 0.2) is 0 Å². The van der Waals surface area contributed by atoms with Crippen LogP contribution in [0, 0.1) is 5.82 Å². The van der Waals surface area contributed by atoms with Crippen molar-refractivity contribution < 1.29 is 23.1 Å². The standard InChI is InChI=1S/C25H30FNO4/c1-25(2,3)31-24(28)17-29-13-12-27-16-19-4-8-20-15-22(30-23(20)14-19)11-7-18-5-9-21(26)10-6-18/h4-6,8-10,14-15,27H,7,11-13,16-17H2,1-3H3. The predicted molar refractivity (Wildman–Crippen MR) is 118 cm³/mol. The molecule has 0 radical (unpaired) electrons. The number of furan rings is 1. The molecule has 5 nitrogen and oxygen atoms in total. The molecule has 166 valence electrons. The highest BCUT2D eigenvalue weighted by Crippen LogP contribution is 2.22. The Labute approximate surface area is 182 Å². The Bertz CT molecular complexity index is 989. The third kappa shape index (κ3) is 7.81. The van der Waals surface area contributed by atoms with Crippen molar-refractivity contribution in [2.75, 3.05) is 19.8 Å². The molecule has 1 aromatic heterocycles. The summed E-state index contributed by atoms with van der Waals surface area (Å²) in [5.74, 6) is 0.342. The van der Waals surface area contributed by atoms with E-state index >= 15 is 0 Å². The normalized spacial score (nSPS) is 11.7. The van der Waals surface area contributed by atoms with Crippen LogP contribution in [0.2, 0.25) is 0 Å². The Morgan fingerprint density at radius 2 is 1.77 bits per heavy atom. The second kappa shape index (κ2) is 10.6. The lowest BCUT2D eigenvalue weighted by Crippen LogP contribution is -2.27. The highest BCUT2D eigenvalue weighted by Gasteiger charge is 2.15. The van der Waals surface area contributed by atoms with Gasteiger partial charge in [-0.2, -0.15) is 0 Å². The van der Waals surface area contributed by atoms with Gasteiger partial charge in [0.25, 0.3) is 0 Å². The second-order valence-electron chi connectivity index (χ2n) is 8.53. The molecule has 3 aromatic rings. The number of rotatable bonds is 10. The predicted octanol–water partition coefficient (Wildman–Crippen LogP) is 4.81. The lowest BCUT2D eigenvalue weighted by atomic mass is 10.1. The Morgan fingerprint density at radius 3 is 2.52 bits per heavy atom. The quantitative estimate of drug-likeness (QED) is 0.372. The monoisotopic (exact) mass is 427 g/mol. The van der Waals surface area contributed by atoms with Gasteiger partial charge in [0.1, 0.15) is 29.4 Å². The minimum Gasteiger partial charge on any atom is -0.461 e. The van der Waals surface area contributed by atoms with Crippen LogP contribution in [0.4, 0.5) is 4.39 Å². The molecule has 0 atom stereocenters. The van der Waals surface area contributed by atoms with Crippen LogP contribution in [0.3, 0.4) is 0 Å². The van der Waals surface area contributed by atoms with Gasteiger partial charge in [-0.1, -0.05) is 24.3 Å². The molecule has 0 saturated carbocycles. The van der Waals surface area contributed by atoms with Gasteiger partial charge in [-0.25, -0.2) is 9.18 Å². The van der Waals surface area contributed by atoms with E-state index in [1.807, 2.05) is 26.8 Å². The number of carbonyl (C=O) groups is 1. The summed E-state index contributed by atoms with van der Waals surface area (Å²) in [6, 6.07) is 14.8. The van der Waals surface area contributed by atoms with Gasteiger partial charge >= 0.3 is 5.97 Å². The molecule has 2 aromatic carbocycles. The van der Waals surface area contributed by atoms with Crippen LogP contribution in [0.25, 0.3) is 11.0 Å². The summed E-state index contributed by atoms with van der Waals surface area (Å²) < 4.78 is 29.5. The number of halogens is 1. The second-order valence-corrected chi connectivity index (χ2v) is 8.53. The Hall–Kier alpha value is -2.70. The van der Waals surface area contributed by atoms with Crippen LogP contribution in [0.1, 0.15) is 37.7 Å². The fourth-order valence-corrected chi connectivity index (χ4v) is 3.19. The third-order valence-corrected chi connectivity index (χ3v) is 4.60. The third-order valence-electron chi connectivity index (χ3n) is 4.60. The molecule has 0 aliphatic rings. The molecule has 0 aliphatic heterocycles. The summed E-state index contributed by atoms with van der Waals surface area (Å²) in [4.78, 5) is 11.6. The number of ether oxygens (including phenoxy) is 2. The summed E-state index contributed by atoms with van der Waals surface area (Å²) >= 11 is 0. The largest absolute Gasteiger partial charge is 0.461 e. The zero-order chi connectivity index (χ0) is 22.3. The Morgan fingerprint density at radius 1 is 1.03 bits per heavy atom. The van der Waals surface area contributed by atoms with Gasteiger partial charge in [-0.3, -0.25) is 0 Å². The van der Waals surface area contributed by atoms with Crippen LogP contribution in [-0.4, -0.2) is 31.3 Å². The molecule has 0 bridgehead atoms. The molecular weight excluding hydrogens is 397 g/mol. The maximum absolute atomic E-state index is 13.0. The van der Waals surface area contributed by atoms with E-state index in [9.17, 15) is 9.18 Å².